The second-order valence-electron chi connectivity index (χ2n) is 7.67. The van der Waals surface area contributed by atoms with Gasteiger partial charge < -0.3 is 10.6 Å². The standard InChI is InChI=1S/C24H26ClFN4O2/c1-15-4-9-20(13-22(15)25)30-17(3)21(16(2)29-30)14-24(32)28-11-10-27-23(31)12-18-5-7-19(26)8-6-18/h4-9,13H,10-12,14H2,1-3H3,(H,27,31)(H,28,32). The van der Waals surface area contributed by atoms with Gasteiger partial charge in [-0.15, -0.1) is 0 Å². The van der Waals surface area contributed by atoms with Crippen molar-refractivity contribution in [2.75, 3.05) is 13.1 Å². The van der Waals surface area contributed by atoms with Crippen molar-refractivity contribution in [2.45, 2.75) is 33.6 Å². The first-order valence-electron chi connectivity index (χ1n) is 10.3. The van der Waals surface area contributed by atoms with Crippen molar-refractivity contribution in [1.29, 1.82) is 0 Å². The molecule has 0 aliphatic heterocycles. The van der Waals surface area contributed by atoms with Crippen LogP contribution < -0.4 is 10.6 Å². The molecule has 3 rings (SSSR count). The third-order valence-corrected chi connectivity index (χ3v) is 5.63. The van der Waals surface area contributed by atoms with Crippen LogP contribution in [-0.4, -0.2) is 34.7 Å². The predicted molar refractivity (Wildman–Crippen MR) is 123 cm³/mol. The lowest BCUT2D eigenvalue weighted by molar-refractivity contribution is -0.122. The first kappa shape index (κ1) is 23.5. The third-order valence-electron chi connectivity index (χ3n) is 5.23. The Hall–Kier alpha value is -3.19. The summed E-state index contributed by atoms with van der Waals surface area (Å²) in [7, 11) is 0. The van der Waals surface area contributed by atoms with E-state index in [1.807, 2.05) is 39.0 Å². The average Bonchev–Trinajstić information content (AvgIpc) is 3.03. The Morgan fingerprint density at radius 1 is 0.969 bits per heavy atom. The number of carbonyl (C=O) groups is 2. The van der Waals surface area contributed by atoms with Gasteiger partial charge >= 0.3 is 0 Å². The van der Waals surface area contributed by atoms with Crippen LogP contribution in [0.15, 0.2) is 42.5 Å². The molecular weight excluding hydrogens is 431 g/mol. The summed E-state index contributed by atoms with van der Waals surface area (Å²) in [6, 6.07) is 11.5. The summed E-state index contributed by atoms with van der Waals surface area (Å²) >= 11 is 6.24. The largest absolute Gasteiger partial charge is 0.354 e. The van der Waals surface area contributed by atoms with Gasteiger partial charge in [0.25, 0.3) is 0 Å². The molecule has 0 saturated heterocycles. The first-order valence-corrected chi connectivity index (χ1v) is 10.7. The fraction of sp³-hybridized carbons (Fsp3) is 0.292. The summed E-state index contributed by atoms with van der Waals surface area (Å²) < 4.78 is 14.7. The van der Waals surface area contributed by atoms with E-state index in [0.717, 1.165) is 33.8 Å². The summed E-state index contributed by atoms with van der Waals surface area (Å²) in [4.78, 5) is 24.4. The van der Waals surface area contributed by atoms with Gasteiger partial charge in [0, 0.05) is 29.4 Å². The van der Waals surface area contributed by atoms with Crippen LogP contribution in [0.25, 0.3) is 5.69 Å². The monoisotopic (exact) mass is 456 g/mol. The number of rotatable bonds is 8. The summed E-state index contributed by atoms with van der Waals surface area (Å²) in [5, 5.41) is 10.8. The fourth-order valence-electron chi connectivity index (χ4n) is 3.37. The van der Waals surface area contributed by atoms with Crippen LogP contribution >= 0.6 is 11.6 Å². The molecule has 1 aromatic heterocycles. The Morgan fingerprint density at radius 2 is 1.59 bits per heavy atom. The Morgan fingerprint density at radius 3 is 2.22 bits per heavy atom. The van der Waals surface area contributed by atoms with Gasteiger partial charge in [0.15, 0.2) is 0 Å². The highest BCUT2D eigenvalue weighted by molar-refractivity contribution is 6.31. The molecule has 0 saturated carbocycles. The van der Waals surface area contributed by atoms with Gasteiger partial charge in [-0.25, -0.2) is 9.07 Å². The topological polar surface area (TPSA) is 76.0 Å². The molecule has 0 fully saturated rings. The van der Waals surface area contributed by atoms with Crippen molar-refractivity contribution in [3.8, 4) is 5.69 Å². The molecule has 32 heavy (non-hydrogen) atoms. The number of aryl methyl sites for hydroxylation is 2. The van der Waals surface area contributed by atoms with E-state index in [1.54, 1.807) is 16.8 Å². The summed E-state index contributed by atoms with van der Waals surface area (Å²) in [6.45, 7) is 6.36. The second-order valence-corrected chi connectivity index (χ2v) is 8.08. The molecular formula is C24H26ClFN4O2. The van der Waals surface area contributed by atoms with E-state index in [-0.39, 0.29) is 30.5 Å². The van der Waals surface area contributed by atoms with E-state index in [2.05, 4.69) is 15.7 Å². The smallest absolute Gasteiger partial charge is 0.224 e. The number of carbonyl (C=O) groups excluding carboxylic acids is 2. The molecule has 0 aliphatic rings. The number of benzene rings is 2. The minimum Gasteiger partial charge on any atom is -0.354 e. The van der Waals surface area contributed by atoms with E-state index in [4.69, 9.17) is 11.6 Å². The Kier molecular flexibility index (Phi) is 7.64. The molecule has 1 heterocycles. The van der Waals surface area contributed by atoms with E-state index >= 15 is 0 Å². The minimum absolute atomic E-state index is 0.148. The van der Waals surface area contributed by atoms with Crippen molar-refractivity contribution in [1.82, 2.24) is 20.4 Å². The van der Waals surface area contributed by atoms with E-state index in [0.29, 0.717) is 18.1 Å². The van der Waals surface area contributed by atoms with Gasteiger partial charge in [0.2, 0.25) is 11.8 Å². The van der Waals surface area contributed by atoms with Crippen LogP contribution in [0.4, 0.5) is 4.39 Å². The molecule has 3 aromatic rings. The van der Waals surface area contributed by atoms with Gasteiger partial charge in [-0.3, -0.25) is 9.59 Å². The van der Waals surface area contributed by atoms with Crippen LogP contribution in [0.3, 0.4) is 0 Å². The lowest BCUT2D eigenvalue weighted by atomic mass is 10.1. The zero-order valence-electron chi connectivity index (χ0n) is 18.3. The highest BCUT2D eigenvalue weighted by Crippen LogP contribution is 2.23. The number of nitrogens with one attached hydrogen (secondary N) is 2. The molecule has 0 atom stereocenters. The molecule has 2 N–H and O–H groups in total. The maximum Gasteiger partial charge on any atom is 0.224 e. The third kappa shape index (κ3) is 5.95. The van der Waals surface area contributed by atoms with Gasteiger partial charge in [0.05, 0.1) is 24.2 Å². The summed E-state index contributed by atoms with van der Waals surface area (Å²) in [5.41, 5.74) is 5.08. The molecule has 8 heteroatoms. The Labute approximate surface area is 191 Å². The lowest BCUT2D eigenvalue weighted by Crippen LogP contribution is -2.36. The van der Waals surface area contributed by atoms with Crippen molar-refractivity contribution >= 4 is 23.4 Å². The first-order chi connectivity index (χ1) is 15.2. The minimum atomic E-state index is -0.337. The van der Waals surface area contributed by atoms with Gasteiger partial charge in [-0.05, 0) is 56.2 Å². The van der Waals surface area contributed by atoms with Crippen LogP contribution in [0.2, 0.25) is 5.02 Å². The van der Waals surface area contributed by atoms with Crippen molar-refractivity contribution in [2.24, 2.45) is 0 Å². The summed E-state index contributed by atoms with van der Waals surface area (Å²) in [6.07, 6.45) is 0.357. The molecule has 0 spiro atoms. The van der Waals surface area contributed by atoms with Crippen LogP contribution in [0.1, 0.15) is 28.1 Å². The summed E-state index contributed by atoms with van der Waals surface area (Å²) in [5.74, 6) is -0.670. The molecule has 2 amide bonds. The molecule has 0 aliphatic carbocycles. The van der Waals surface area contributed by atoms with Gasteiger partial charge in [-0.1, -0.05) is 29.8 Å². The SMILES string of the molecule is Cc1ccc(-n2nc(C)c(CC(=O)NCCNC(=O)Cc3ccc(F)cc3)c2C)cc1Cl. The Bertz CT molecular complexity index is 1130. The second kappa shape index (κ2) is 10.4. The van der Waals surface area contributed by atoms with Gasteiger partial charge in [0.1, 0.15) is 5.82 Å². The number of amides is 2. The molecule has 168 valence electrons. The highest BCUT2D eigenvalue weighted by Gasteiger charge is 2.16. The van der Waals surface area contributed by atoms with Gasteiger partial charge in [-0.2, -0.15) is 5.10 Å². The molecule has 2 aromatic carbocycles. The molecule has 0 unspecified atom stereocenters. The predicted octanol–water partition coefficient (Wildman–Crippen LogP) is 3.61. The van der Waals surface area contributed by atoms with Crippen molar-refractivity contribution in [3.63, 3.8) is 0 Å². The quantitative estimate of drug-likeness (QED) is 0.508. The average molecular weight is 457 g/mol. The maximum atomic E-state index is 12.9. The number of aromatic nitrogens is 2. The van der Waals surface area contributed by atoms with Crippen molar-refractivity contribution < 1.29 is 14.0 Å². The van der Waals surface area contributed by atoms with E-state index in [9.17, 15) is 14.0 Å². The van der Waals surface area contributed by atoms with Crippen LogP contribution in [0, 0.1) is 26.6 Å². The normalized spacial score (nSPS) is 10.8. The van der Waals surface area contributed by atoms with Crippen molar-refractivity contribution in [3.05, 3.63) is 81.4 Å². The fourth-order valence-corrected chi connectivity index (χ4v) is 3.55. The lowest BCUT2D eigenvalue weighted by Gasteiger charge is -2.09. The van der Waals surface area contributed by atoms with E-state index in [1.165, 1.54) is 12.1 Å². The molecule has 6 nitrogen and oxygen atoms in total. The number of hydrogen-bond acceptors (Lipinski definition) is 3. The van der Waals surface area contributed by atoms with E-state index < -0.39 is 0 Å². The highest BCUT2D eigenvalue weighted by atomic mass is 35.5. The van der Waals surface area contributed by atoms with Crippen LogP contribution in [0.5, 0.6) is 0 Å². The number of halogens is 2. The zero-order chi connectivity index (χ0) is 23.3. The maximum absolute atomic E-state index is 12.9. The Balaban J connectivity index is 1.49. The number of nitrogens with zero attached hydrogens (tertiary/aromatic N) is 2. The zero-order valence-corrected chi connectivity index (χ0v) is 19.1. The molecule has 0 bridgehead atoms. The molecule has 0 radical (unpaired) electrons. The van der Waals surface area contributed by atoms with Crippen LogP contribution in [-0.2, 0) is 22.4 Å². The number of hydrogen-bond donors (Lipinski definition) is 2.